The predicted molar refractivity (Wildman–Crippen MR) is 111 cm³/mol. The topological polar surface area (TPSA) is 84.5 Å². The van der Waals surface area contributed by atoms with Gasteiger partial charge in [-0.15, -0.1) is 11.6 Å². The van der Waals surface area contributed by atoms with Crippen LogP contribution < -0.4 is 10.6 Å². The van der Waals surface area contributed by atoms with E-state index in [0.717, 1.165) is 32.1 Å². The monoisotopic (exact) mass is 418 g/mol. The van der Waals surface area contributed by atoms with E-state index in [-0.39, 0.29) is 22.7 Å². The van der Waals surface area contributed by atoms with Crippen LogP contribution in [-0.4, -0.2) is 28.8 Å². The average Bonchev–Trinajstić information content (AvgIpc) is 2.60. The molecule has 6 nitrogen and oxygen atoms in total. The zero-order valence-electron chi connectivity index (χ0n) is 16.8. The Hall–Kier alpha value is -2.08. The molecule has 4 saturated carbocycles. The number of benzene rings is 1. The molecule has 0 heterocycles. The number of carbonyl (C=O) groups is 3. The third kappa shape index (κ3) is 4.13. The minimum absolute atomic E-state index is 0.161. The number of ether oxygens (including phenoxy) is 1. The van der Waals surface area contributed by atoms with E-state index in [1.54, 1.807) is 31.2 Å². The number of hydrogen-bond donors (Lipinski definition) is 2. The number of amides is 2. The Labute approximate surface area is 175 Å². The number of halogens is 1. The highest BCUT2D eigenvalue weighted by Crippen LogP contribution is 2.64. The maximum Gasteiger partial charge on any atom is 0.312 e. The minimum Gasteiger partial charge on any atom is -0.452 e. The van der Waals surface area contributed by atoms with Gasteiger partial charge in [-0.3, -0.25) is 14.4 Å². The SMILES string of the molecule is CC(=O)Nc1ccc(NC(=O)[C@H](C)OC(=O)C23C[C@@H]4C[C@@H](CC(Cl)(C4)C2)C3)cc1. The van der Waals surface area contributed by atoms with Gasteiger partial charge in [-0.05, 0) is 81.5 Å². The molecule has 0 spiro atoms. The molecule has 5 rings (SSSR count). The van der Waals surface area contributed by atoms with E-state index in [0.29, 0.717) is 29.6 Å². The average molecular weight is 419 g/mol. The Morgan fingerprint density at radius 1 is 1.03 bits per heavy atom. The molecular weight excluding hydrogens is 392 g/mol. The van der Waals surface area contributed by atoms with E-state index in [4.69, 9.17) is 16.3 Å². The summed E-state index contributed by atoms with van der Waals surface area (Å²) in [5.74, 6) is 0.169. The van der Waals surface area contributed by atoms with Crippen molar-refractivity contribution in [2.24, 2.45) is 17.3 Å². The molecule has 156 valence electrons. The number of carbonyl (C=O) groups excluding carboxylic acids is 3. The predicted octanol–water partition coefficient (Wildman–Crippen LogP) is 4.09. The van der Waals surface area contributed by atoms with Crippen LogP contribution >= 0.6 is 11.6 Å². The van der Waals surface area contributed by atoms with Gasteiger partial charge in [0.05, 0.1) is 5.41 Å². The Morgan fingerprint density at radius 3 is 2.10 bits per heavy atom. The van der Waals surface area contributed by atoms with Gasteiger partial charge in [0.2, 0.25) is 5.91 Å². The first kappa shape index (κ1) is 20.2. The molecule has 1 aromatic rings. The molecule has 0 aliphatic heterocycles. The van der Waals surface area contributed by atoms with Crippen molar-refractivity contribution < 1.29 is 19.1 Å². The summed E-state index contributed by atoms with van der Waals surface area (Å²) >= 11 is 6.80. The largest absolute Gasteiger partial charge is 0.452 e. The van der Waals surface area contributed by atoms with Gasteiger partial charge < -0.3 is 15.4 Å². The molecule has 0 radical (unpaired) electrons. The van der Waals surface area contributed by atoms with Gasteiger partial charge in [0.15, 0.2) is 6.10 Å². The van der Waals surface area contributed by atoms with Gasteiger partial charge in [0, 0.05) is 23.2 Å². The van der Waals surface area contributed by atoms with Gasteiger partial charge in [0.1, 0.15) is 0 Å². The van der Waals surface area contributed by atoms with Crippen molar-refractivity contribution in [3.05, 3.63) is 24.3 Å². The van der Waals surface area contributed by atoms with Crippen LogP contribution in [0.25, 0.3) is 0 Å². The van der Waals surface area contributed by atoms with Crippen molar-refractivity contribution in [2.75, 3.05) is 10.6 Å². The lowest BCUT2D eigenvalue weighted by Gasteiger charge is -2.58. The van der Waals surface area contributed by atoms with Crippen LogP contribution in [0.1, 0.15) is 52.4 Å². The number of rotatable bonds is 5. The zero-order chi connectivity index (χ0) is 20.8. The first-order chi connectivity index (χ1) is 13.7. The van der Waals surface area contributed by atoms with E-state index < -0.39 is 11.5 Å². The second-order valence-electron chi connectivity index (χ2n) is 9.19. The number of alkyl halides is 1. The normalized spacial score (nSPS) is 33.1. The maximum absolute atomic E-state index is 13.1. The fourth-order valence-electron chi connectivity index (χ4n) is 5.81. The maximum atomic E-state index is 13.1. The van der Waals surface area contributed by atoms with Crippen molar-refractivity contribution in [3.8, 4) is 0 Å². The zero-order valence-corrected chi connectivity index (χ0v) is 17.6. The first-order valence-electron chi connectivity index (χ1n) is 10.2. The van der Waals surface area contributed by atoms with Crippen LogP contribution in [0.5, 0.6) is 0 Å². The summed E-state index contributed by atoms with van der Waals surface area (Å²) in [6, 6.07) is 6.77. The fourth-order valence-corrected chi connectivity index (χ4v) is 6.50. The molecule has 7 heteroatoms. The quantitative estimate of drug-likeness (QED) is 0.557. The molecule has 4 bridgehead atoms. The number of anilines is 2. The smallest absolute Gasteiger partial charge is 0.312 e. The van der Waals surface area contributed by atoms with Gasteiger partial charge in [0.25, 0.3) is 5.91 Å². The van der Waals surface area contributed by atoms with E-state index in [1.165, 1.54) is 6.92 Å². The van der Waals surface area contributed by atoms with E-state index in [9.17, 15) is 14.4 Å². The van der Waals surface area contributed by atoms with E-state index >= 15 is 0 Å². The van der Waals surface area contributed by atoms with Crippen molar-refractivity contribution in [1.29, 1.82) is 0 Å². The van der Waals surface area contributed by atoms with Crippen LogP contribution in [-0.2, 0) is 19.1 Å². The lowest BCUT2D eigenvalue weighted by atomic mass is 9.49. The summed E-state index contributed by atoms with van der Waals surface area (Å²) in [5, 5.41) is 5.42. The number of hydrogen-bond acceptors (Lipinski definition) is 4. The second-order valence-corrected chi connectivity index (χ2v) is 9.99. The molecule has 4 aliphatic rings. The standard InChI is InChI=1S/C22H27ClN2O4/c1-13(19(27)25-18-5-3-17(4-6-18)24-14(2)26)29-20(28)21-8-15-7-16(9-21)11-22(23,10-15)12-21/h3-6,13,15-16H,7-12H2,1-2H3,(H,24,26)(H,25,27)/t13-,15-,16+,21?,22?/m0/s1. The van der Waals surface area contributed by atoms with Crippen molar-refractivity contribution >= 4 is 40.8 Å². The van der Waals surface area contributed by atoms with E-state index in [1.807, 2.05) is 0 Å². The third-order valence-electron chi connectivity index (χ3n) is 6.55. The summed E-state index contributed by atoms with van der Waals surface area (Å²) in [6.07, 6.45) is 4.57. The summed E-state index contributed by atoms with van der Waals surface area (Å²) in [5.41, 5.74) is 0.689. The summed E-state index contributed by atoms with van der Waals surface area (Å²) < 4.78 is 5.62. The van der Waals surface area contributed by atoms with Gasteiger partial charge in [-0.1, -0.05) is 0 Å². The van der Waals surface area contributed by atoms with Crippen molar-refractivity contribution in [3.63, 3.8) is 0 Å². The molecule has 0 saturated heterocycles. The number of nitrogens with one attached hydrogen (secondary N) is 2. The minimum atomic E-state index is -0.892. The van der Waals surface area contributed by atoms with Crippen LogP contribution in [0.3, 0.4) is 0 Å². The van der Waals surface area contributed by atoms with Gasteiger partial charge in [-0.25, -0.2) is 0 Å². The highest BCUT2D eigenvalue weighted by molar-refractivity contribution is 6.24. The first-order valence-corrected chi connectivity index (χ1v) is 10.6. The molecule has 0 aromatic heterocycles. The highest BCUT2D eigenvalue weighted by Gasteiger charge is 2.61. The molecule has 2 N–H and O–H groups in total. The molecular formula is C22H27ClN2O4. The van der Waals surface area contributed by atoms with Crippen LogP contribution in [0.2, 0.25) is 0 Å². The molecule has 4 fully saturated rings. The van der Waals surface area contributed by atoms with Gasteiger partial charge in [-0.2, -0.15) is 0 Å². The molecule has 29 heavy (non-hydrogen) atoms. The fraction of sp³-hybridized carbons (Fsp3) is 0.591. The Morgan fingerprint density at radius 2 is 1.59 bits per heavy atom. The van der Waals surface area contributed by atoms with Crippen LogP contribution in [0, 0.1) is 17.3 Å². The lowest BCUT2D eigenvalue weighted by Crippen LogP contribution is -2.57. The molecule has 5 atom stereocenters. The van der Waals surface area contributed by atoms with Crippen LogP contribution in [0.4, 0.5) is 11.4 Å². The van der Waals surface area contributed by atoms with Crippen molar-refractivity contribution in [1.82, 2.24) is 0 Å². The lowest BCUT2D eigenvalue weighted by molar-refractivity contribution is -0.176. The Kier molecular flexibility index (Phi) is 5.09. The highest BCUT2D eigenvalue weighted by atomic mass is 35.5. The summed E-state index contributed by atoms with van der Waals surface area (Å²) in [7, 11) is 0. The Bertz CT molecular complexity index is 824. The number of esters is 1. The third-order valence-corrected chi connectivity index (χ3v) is 6.99. The molecule has 2 unspecified atom stereocenters. The molecule has 1 aromatic carbocycles. The van der Waals surface area contributed by atoms with E-state index in [2.05, 4.69) is 10.6 Å². The van der Waals surface area contributed by atoms with Crippen molar-refractivity contribution in [2.45, 2.75) is 63.4 Å². The molecule has 2 amide bonds. The second kappa shape index (κ2) is 7.31. The van der Waals surface area contributed by atoms with Gasteiger partial charge >= 0.3 is 5.97 Å². The van der Waals surface area contributed by atoms with Crippen LogP contribution in [0.15, 0.2) is 24.3 Å². The molecule has 4 aliphatic carbocycles. The summed E-state index contributed by atoms with van der Waals surface area (Å²) in [4.78, 5) is 36.4. The Balaban J connectivity index is 1.36. The summed E-state index contributed by atoms with van der Waals surface area (Å²) in [6.45, 7) is 3.03.